The van der Waals surface area contributed by atoms with Crippen molar-refractivity contribution in [3.63, 3.8) is 0 Å². The summed E-state index contributed by atoms with van der Waals surface area (Å²) in [5, 5.41) is 0. The molecule has 2 N–H and O–H groups in total. The van der Waals surface area contributed by atoms with Crippen molar-refractivity contribution in [3.8, 4) is 0 Å². The molecule has 0 amide bonds. The van der Waals surface area contributed by atoms with E-state index in [1.165, 1.54) is 18.5 Å². The fourth-order valence-corrected chi connectivity index (χ4v) is 4.50. The van der Waals surface area contributed by atoms with Crippen molar-refractivity contribution in [2.24, 2.45) is 0 Å². The molecule has 0 radical (unpaired) electrons. The Labute approximate surface area is 143 Å². The van der Waals surface area contributed by atoms with Crippen LogP contribution in [0.25, 0.3) is 0 Å². The highest BCUT2D eigenvalue weighted by atomic mass is 16.6. The Morgan fingerprint density at radius 1 is 1.00 bits per heavy atom. The zero-order valence-electron chi connectivity index (χ0n) is 14.2. The van der Waals surface area contributed by atoms with Gasteiger partial charge < -0.3 is 15.4 Å². The van der Waals surface area contributed by atoms with Crippen LogP contribution in [0.1, 0.15) is 38.5 Å². The zero-order chi connectivity index (χ0) is 16.6. The first-order valence-electron chi connectivity index (χ1n) is 9.20. The molecule has 1 aromatic rings. The maximum absolute atomic E-state index is 11.4. The fourth-order valence-electron chi connectivity index (χ4n) is 4.50. The lowest BCUT2D eigenvalue weighted by Crippen LogP contribution is -2.51. The van der Waals surface area contributed by atoms with Crippen LogP contribution in [-0.2, 0) is 9.53 Å². The Morgan fingerprint density at radius 2 is 1.67 bits per heavy atom. The molecule has 5 nitrogen and oxygen atoms in total. The number of hydrogen-bond acceptors (Lipinski definition) is 5. The van der Waals surface area contributed by atoms with Crippen LogP contribution in [0.2, 0.25) is 0 Å². The average Bonchev–Trinajstić information content (AvgIpc) is 2.97. The van der Waals surface area contributed by atoms with Gasteiger partial charge in [-0.15, -0.1) is 0 Å². The monoisotopic (exact) mass is 329 g/mol. The molecule has 0 aliphatic carbocycles. The number of nitrogens with two attached hydrogens (primary N) is 1. The van der Waals surface area contributed by atoms with Gasteiger partial charge in [-0.2, -0.15) is 0 Å². The van der Waals surface area contributed by atoms with Crippen LogP contribution in [0.3, 0.4) is 0 Å². The number of carbonyl (C=O) groups is 1. The van der Waals surface area contributed by atoms with Gasteiger partial charge in [0.05, 0.1) is 0 Å². The molecule has 4 rings (SSSR count). The largest absolute Gasteiger partial charge is 0.459 e. The van der Waals surface area contributed by atoms with Crippen LogP contribution in [-0.4, -0.2) is 48.7 Å². The second kappa shape index (κ2) is 6.28. The Bertz CT molecular complexity index is 585. The van der Waals surface area contributed by atoms with Gasteiger partial charge in [0.2, 0.25) is 0 Å². The molecular formula is C19H27N3O2. The molecular weight excluding hydrogens is 302 g/mol. The zero-order valence-corrected chi connectivity index (χ0v) is 14.2. The first kappa shape index (κ1) is 15.8. The molecule has 0 atom stereocenters. The summed E-state index contributed by atoms with van der Waals surface area (Å²) < 4.78 is 5.63. The van der Waals surface area contributed by atoms with Gasteiger partial charge in [0.25, 0.3) is 0 Å². The van der Waals surface area contributed by atoms with Gasteiger partial charge in [-0.1, -0.05) is 0 Å². The number of hydrogen-bond donors (Lipinski definition) is 1. The van der Waals surface area contributed by atoms with E-state index in [1.807, 2.05) is 12.1 Å². The van der Waals surface area contributed by atoms with Gasteiger partial charge in [0.1, 0.15) is 5.60 Å². The third kappa shape index (κ3) is 3.09. The van der Waals surface area contributed by atoms with Crippen molar-refractivity contribution in [2.75, 3.05) is 36.8 Å². The van der Waals surface area contributed by atoms with Crippen LogP contribution in [0.15, 0.2) is 24.3 Å². The quantitative estimate of drug-likeness (QED) is 0.667. The number of rotatable bonds is 2. The number of benzene rings is 1. The molecule has 24 heavy (non-hydrogen) atoms. The SMILES string of the molecule is Nc1ccc(N2CCC(N3CCC4(CCC(=O)O4)CC3)CC2)cc1. The maximum Gasteiger partial charge on any atom is 0.306 e. The van der Waals surface area contributed by atoms with Crippen molar-refractivity contribution < 1.29 is 9.53 Å². The Hall–Kier alpha value is -1.75. The van der Waals surface area contributed by atoms with Gasteiger partial charge in [0.15, 0.2) is 0 Å². The van der Waals surface area contributed by atoms with Crippen molar-refractivity contribution >= 4 is 17.3 Å². The van der Waals surface area contributed by atoms with E-state index in [0.717, 1.165) is 51.1 Å². The van der Waals surface area contributed by atoms with Crippen molar-refractivity contribution in [2.45, 2.75) is 50.2 Å². The standard InChI is InChI=1S/C19H27N3O2/c20-15-1-3-16(4-2-15)21-11-6-17(7-12-21)22-13-9-19(10-14-22)8-5-18(23)24-19/h1-4,17H,5-14,20H2. The number of esters is 1. The minimum atomic E-state index is -0.127. The van der Waals surface area contributed by atoms with E-state index in [9.17, 15) is 4.79 Å². The van der Waals surface area contributed by atoms with Gasteiger partial charge in [0, 0.05) is 50.0 Å². The molecule has 0 unspecified atom stereocenters. The lowest BCUT2D eigenvalue weighted by atomic mass is 9.87. The van der Waals surface area contributed by atoms with E-state index in [4.69, 9.17) is 10.5 Å². The second-order valence-electron chi connectivity index (χ2n) is 7.50. The number of anilines is 2. The van der Waals surface area contributed by atoms with Crippen LogP contribution >= 0.6 is 0 Å². The molecule has 3 aliphatic rings. The summed E-state index contributed by atoms with van der Waals surface area (Å²) in [5.74, 6) is 0.000237. The predicted octanol–water partition coefficient (Wildman–Crippen LogP) is 2.41. The topological polar surface area (TPSA) is 58.8 Å². The van der Waals surface area contributed by atoms with Crippen LogP contribution in [0, 0.1) is 0 Å². The van der Waals surface area contributed by atoms with Gasteiger partial charge in [-0.3, -0.25) is 9.69 Å². The van der Waals surface area contributed by atoms with Gasteiger partial charge in [-0.05, 0) is 56.4 Å². The summed E-state index contributed by atoms with van der Waals surface area (Å²) in [7, 11) is 0. The smallest absolute Gasteiger partial charge is 0.306 e. The Balaban J connectivity index is 1.29. The predicted molar refractivity (Wildman–Crippen MR) is 95.0 cm³/mol. The number of piperidine rings is 2. The van der Waals surface area contributed by atoms with E-state index in [2.05, 4.69) is 21.9 Å². The third-order valence-electron chi connectivity index (χ3n) is 6.06. The highest BCUT2D eigenvalue weighted by Crippen LogP contribution is 2.37. The highest BCUT2D eigenvalue weighted by molar-refractivity contribution is 5.72. The molecule has 3 aliphatic heterocycles. The first-order valence-corrected chi connectivity index (χ1v) is 9.20. The molecule has 3 fully saturated rings. The van der Waals surface area contributed by atoms with E-state index in [0.29, 0.717) is 12.5 Å². The lowest BCUT2D eigenvalue weighted by molar-refractivity contribution is -0.152. The van der Waals surface area contributed by atoms with Gasteiger partial charge in [-0.25, -0.2) is 0 Å². The highest BCUT2D eigenvalue weighted by Gasteiger charge is 2.43. The Morgan fingerprint density at radius 3 is 2.25 bits per heavy atom. The van der Waals surface area contributed by atoms with Crippen LogP contribution < -0.4 is 10.6 Å². The number of likely N-dealkylation sites (tertiary alicyclic amines) is 1. The molecule has 5 heteroatoms. The molecule has 3 heterocycles. The van der Waals surface area contributed by atoms with Crippen molar-refractivity contribution in [1.82, 2.24) is 4.90 Å². The van der Waals surface area contributed by atoms with Crippen molar-refractivity contribution in [1.29, 1.82) is 0 Å². The molecule has 3 saturated heterocycles. The number of nitrogen functional groups attached to an aromatic ring is 1. The Kier molecular flexibility index (Phi) is 4.12. The maximum atomic E-state index is 11.4. The summed E-state index contributed by atoms with van der Waals surface area (Å²) in [6, 6.07) is 8.87. The molecule has 0 aromatic heterocycles. The summed E-state index contributed by atoms with van der Waals surface area (Å²) in [4.78, 5) is 16.5. The molecule has 1 spiro atoms. The normalized spacial score (nSPS) is 25.2. The minimum Gasteiger partial charge on any atom is -0.459 e. The molecule has 0 bridgehead atoms. The number of ether oxygens (including phenoxy) is 1. The minimum absolute atomic E-state index is 0.000237. The lowest BCUT2D eigenvalue weighted by Gasteiger charge is -2.44. The summed E-state index contributed by atoms with van der Waals surface area (Å²) in [5.41, 5.74) is 7.75. The third-order valence-corrected chi connectivity index (χ3v) is 6.06. The second-order valence-corrected chi connectivity index (χ2v) is 7.50. The van der Waals surface area contributed by atoms with Crippen molar-refractivity contribution in [3.05, 3.63) is 24.3 Å². The van der Waals surface area contributed by atoms with E-state index < -0.39 is 0 Å². The van der Waals surface area contributed by atoms with E-state index in [1.54, 1.807) is 0 Å². The average molecular weight is 329 g/mol. The summed E-state index contributed by atoms with van der Waals surface area (Å²) in [6.07, 6.45) is 5.97. The number of nitrogens with zero attached hydrogens (tertiary/aromatic N) is 2. The summed E-state index contributed by atoms with van der Waals surface area (Å²) in [6.45, 7) is 4.34. The summed E-state index contributed by atoms with van der Waals surface area (Å²) >= 11 is 0. The molecule has 0 saturated carbocycles. The molecule has 1 aromatic carbocycles. The van der Waals surface area contributed by atoms with E-state index in [-0.39, 0.29) is 11.6 Å². The first-order chi connectivity index (χ1) is 11.6. The molecule has 130 valence electrons. The van der Waals surface area contributed by atoms with E-state index >= 15 is 0 Å². The van der Waals surface area contributed by atoms with Gasteiger partial charge >= 0.3 is 5.97 Å². The van der Waals surface area contributed by atoms with Crippen LogP contribution in [0.4, 0.5) is 11.4 Å². The fraction of sp³-hybridized carbons (Fsp3) is 0.632. The number of carbonyl (C=O) groups excluding carboxylic acids is 1. The van der Waals surface area contributed by atoms with Crippen LogP contribution in [0.5, 0.6) is 0 Å².